The van der Waals surface area contributed by atoms with Gasteiger partial charge in [0.15, 0.2) is 0 Å². The summed E-state index contributed by atoms with van der Waals surface area (Å²) in [5.41, 5.74) is 2.98. The van der Waals surface area contributed by atoms with Crippen molar-refractivity contribution < 1.29 is 19.1 Å². The van der Waals surface area contributed by atoms with Gasteiger partial charge in [-0.05, 0) is 63.3 Å². The zero-order chi connectivity index (χ0) is 26.9. The van der Waals surface area contributed by atoms with E-state index in [0.717, 1.165) is 35.5 Å². The molecule has 2 fully saturated rings. The van der Waals surface area contributed by atoms with E-state index in [9.17, 15) is 19.1 Å². The molecular weight excluding hydrogens is 544 g/mol. The molecule has 218 valence electrons. The monoisotopic (exact) mass is 585 g/mol. The van der Waals surface area contributed by atoms with Gasteiger partial charge in [-0.15, -0.1) is 24.8 Å². The van der Waals surface area contributed by atoms with Crippen molar-refractivity contribution in [2.75, 3.05) is 19.6 Å². The van der Waals surface area contributed by atoms with E-state index in [4.69, 9.17) is 5.10 Å². The van der Waals surface area contributed by atoms with E-state index in [1.807, 2.05) is 32.4 Å². The van der Waals surface area contributed by atoms with Gasteiger partial charge in [0, 0.05) is 37.4 Å². The Bertz CT molecular complexity index is 1130. The lowest BCUT2D eigenvalue weighted by Gasteiger charge is -2.52. The second-order valence-corrected chi connectivity index (χ2v) is 10.9. The number of aliphatic hydroxyl groups is 1. The lowest BCUT2D eigenvalue weighted by Crippen LogP contribution is -2.74. The number of aryl methyl sites for hydroxylation is 1. The number of hydrogen-bond acceptors (Lipinski definition) is 5. The van der Waals surface area contributed by atoms with Crippen LogP contribution in [0, 0.1) is 25.6 Å². The van der Waals surface area contributed by atoms with Crippen LogP contribution in [0.15, 0.2) is 24.3 Å². The van der Waals surface area contributed by atoms with E-state index in [1.54, 1.807) is 17.0 Å². The topological polar surface area (TPSA) is 90.7 Å². The van der Waals surface area contributed by atoms with Crippen LogP contribution in [0.1, 0.15) is 63.4 Å². The van der Waals surface area contributed by atoms with Crippen molar-refractivity contribution in [1.29, 1.82) is 0 Å². The lowest BCUT2D eigenvalue weighted by atomic mass is 9.80. The third kappa shape index (κ3) is 6.42. The summed E-state index contributed by atoms with van der Waals surface area (Å²) in [5, 5.41) is 18.2. The normalized spacial score (nSPS) is 20.0. The predicted octanol–water partition coefficient (Wildman–Crippen LogP) is 3.95. The third-order valence-electron chi connectivity index (χ3n) is 8.10. The van der Waals surface area contributed by atoms with Gasteiger partial charge in [-0.25, -0.2) is 9.07 Å². The summed E-state index contributed by atoms with van der Waals surface area (Å²) in [7, 11) is 0. The Morgan fingerprint density at radius 1 is 1.13 bits per heavy atom. The Balaban J connectivity index is 0.00000267. The molecule has 1 aromatic heterocycles. The Kier molecular flexibility index (Phi) is 11.4. The molecule has 0 radical (unpaired) electrons. The van der Waals surface area contributed by atoms with Gasteiger partial charge in [0.05, 0.1) is 17.5 Å². The maximum absolute atomic E-state index is 13.5. The zero-order valence-corrected chi connectivity index (χ0v) is 25.1. The Labute approximate surface area is 243 Å². The minimum absolute atomic E-state index is 0. The highest BCUT2D eigenvalue weighted by atomic mass is 35.5. The van der Waals surface area contributed by atoms with Crippen LogP contribution in [-0.4, -0.2) is 73.8 Å². The zero-order valence-electron chi connectivity index (χ0n) is 23.4. The van der Waals surface area contributed by atoms with Gasteiger partial charge in [0.25, 0.3) is 0 Å². The van der Waals surface area contributed by atoms with E-state index >= 15 is 0 Å². The number of piperazine rings is 1. The highest BCUT2D eigenvalue weighted by Crippen LogP contribution is 2.35. The van der Waals surface area contributed by atoms with E-state index in [-0.39, 0.29) is 48.4 Å². The molecule has 8 nitrogen and oxygen atoms in total. The number of benzene rings is 1. The second kappa shape index (κ2) is 13.4. The molecule has 11 heteroatoms. The van der Waals surface area contributed by atoms with Crippen molar-refractivity contribution in [3.8, 4) is 5.69 Å². The molecule has 1 spiro atoms. The van der Waals surface area contributed by atoms with Crippen molar-refractivity contribution in [2.45, 2.75) is 84.5 Å². The Hall–Kier alpha value is -2.20. The number of piperidine rings is 1. The molecule has 3 heterocycles. The summed E-state index contributed by atoms with van der Waals surface area (Å²) in [5.74, 6) is -0.740. The molecule has 4 rings (SSSR count). The predicted molar refractivity (Wildman–Crippen MR) is 154 cm³/mol. The SMILES string of the molecule is CCCCN1C(=O)[C@@H]([C@H](O)C(C)C)NC(=O)C12CCN(Cc1c(C)nn(-c3ccc(F)cc3)c1C)CC2.Cl.Cl. The number of carbonyl (C=O) groups is 2. The minimum Gasteiger partial charge on any atom is -0.390 e. The molecule has 2 N–H and O–H groups in total. The van der Waals surface area contributed by atoms with Gasteiger partial charge < -0.3 is 15.3 Å². The van der Waals surface area contributed by atoms with Gasteiger partial charge in [-0.2, -0.15) is 5.10 Å². The first kappa shape index (κ1) is 33.0. The fourth-order valence-corrected chi connectivity index (χ4v) is 5.63. The van der Waals surface area contributed by atoms with Crippen LogP contribution in [0.3, 0.4) is 0 Å². The maximum Gasteiger partial charge on any atom is 0.248 e. The van der Waals surface area contributed by atoms with Gasteiger partial charge in [0.1, 0.15) is 17.4 Å². The van der Waals surface area contributed by atoms with E-state index in [0.29, 0.717) is 39.0 Å². The van der Waals surface area contributed by atoms with Crippen LogP contribution in [0.5, 0.6) is 0 Å². The number of nitrogens with one attached hydrogen (secondary N) is 1. The first-order valence-electron chi connectivity index (χ1n) is 13.4. The molecule has 0 saturated carbocycles. The van der Waals surface area contributed by atoms with Gasteiger partial charge in [0.2, 0.25) is 11.8 Å². The largest absolute Gasteiger partial charge is 0.390 e. The highest BCUT2D eigenvalue weighted by Gasteiger charge is 2.54. The molecule has 2 aromatic rings. The second-order valence-electron chi connectivity index (χ2n) is 10.9. The smallest absolute Gasteiger partial charge is 0.248 e. The molecular formula is C28H42Cl2FN5O3. The average molecular weight is 587 g/mol. The summed E-state index contributed by atoms with van der Waals surface area (Å²) in [6.07, 6.45) is 1.91. The number of aliphatic hydroxyl groups excluding tert-OH is 1. The van der Waals surface area contributed by atoms with Crippen molar-refractivity contribution in [1.82, 2.24) is 24.9 Å². The standard InChI is InChI=1S/C28H40FN5O3.2ClH/c1-6-7-14-33-26(36)24(25(35)18(2)3)30-27(37)28(33)12-15-32(16-13-28)17-23-19(4)31-34(20(23)5)22-10-8-21(29)9-11-22;;/h8-11,18,24-25,35H,6-7,12-17H2,1-5H3,(H,30,37);2*1H/t24-,25-;;/m1../s1. The van der Waals surface area contributed by atoms with Crippen LogP contribution in [-0.2, 0) is 16.1 Å². The number of amides is 2. The third-order valence-corrected chi connectivity index (χ3v) is 8.10. The molecule has 2 saturated heterocycles. The van der Waals surface area contributed by atoms with Crippen molar-refractivity contribution in [3.05, 3.63) is 47.0 Å². The molecule has 0 unspecified atom stereocenters. The molecule has 2 amide bonds. The minimum atomic E-state index is -0.915. The molecule has 2 aliphatic rings. The lowest BCUT2D eigenvalue weighted by molar-refractivity contribution is -0.165. The van der Waals surface area contributed by atoms with Crippen LogP contribution < -0.4 is 5.32 Å². The fourth-order valence-electron chi connectivity index (χ4n) is 5.63. The van der Waals surface area contributed by atoms with Crippen LogP contribution >= 0.6 is 24.8 Å². The number of nitrogens with zero attached hydrogens (tertiary/aromatic N) is 4. The summed E-state index contributed by atoms with van der Waals surface area (Å²) in [4.78, 5) is 31.1. The van der Waals surface area contributed by atoms with Crippen molar-refractivity contribution >= 4 is 36.6 Å². The molecule has 0 bridgehead atoms. The Morgan fingerprint density at radius 2 is 1.74 bits per heavy atom. The van der Waals surface area contributed by atoms with E-state index in [2.05, 4.69) is 17.1 Å². The average Bonchev–Trinajstić information content (AvgIpc) is 3.15. The summed E-state index contributed by atoms with van der Waals surface area (Å²) in [6, 6.07) is 5.41. The number of halogens is 3. The number of carbonyl (C=O) groups excluding carboxylic acids is 2. The Morgan fingerprint density at radius 3 is 2.31 bits per heavy atom. The first-order chi connectivity index (χ1) is 17.6. The van der Waals surface area contributed by atoms with Crippen LogP contribution in [0.2, 0.25) is 0 Å². The number of likely N-dealkylation sites (tertiary alicyclic amines) is 1. The van der Waals surface area contributed by atoms with Crippen molar-refractivity contribution in [2.24, 2.45) is 5.92 Å². The van der Waals surface area contributed by atoms with Gasteiger partial charge >= 0.3 is 0 Å². The van der Waals surface area contributed by atoms with E-state index < -0.39 is 17.7 Å². The number of aromatic nitrogens is 2. The number of hydrogen-bond donors (Lipinski definition) is 2. The summed E-state index contributed by atoms with van der Waals surface area (Å²) >= 11 is 0. The molecule has 2 atom stereocenters. The van der Waals surface area contributed by atoms with Crippen LogP contribution in [0.25, 0.3) is 5.69 Å². The molecule has 2 aliphatic heterocycles. The van der Waals surface area contributed by atoms with Crippen LogP contribution in [0.4, 0.5) is 4.39 Å². The van der Waals surface area contributed by atoms with Gasteiger partial charge in [-0.3, -0.25) is 14.5 Å². The first-order valence-corrected chi connectivity index (χ1v) is 13.4. The molecule has 39 heavy (non-hydrogen) atoms. The highest BCUT2D eigenvalue weighted by molar-refractivity contribution is 6.00. The fraction of sp³-hybridized carbons (Fsp3) is 0.607. The van der Waals surface area contributed by atoms with Crippen molar-refractivity contribution in [3.63, 3.8) is 0 Å². The van der Waals surface area contributed by atoms with Gasteiger partial charge in [-0.1, -0.05) is 27.2 Å². The maximum atomic E-state index is 13.5. The number of rotatable bonds is 8. The quantitative estimate of drug-likeness (QED) is 0.489. The molecule has 0 aliphatic carbocycles. The summed E-state index contributed by atoms with van der Waals surface area (Å²) < 4.78 is 15.2. The van der Waals surface area contributed by atoms with E-state index in [1.165, 1.54) is 12.1 Å². The summed E-state index contributed by atoms with van der Waals surface area (Å²) in [6.45, 7) is 12.3. The number of unbranched alkanes of at least 4 members (excludes halogenated alkanes) is 1. The molecule has 1 aromatic carbocycles.